The molecule has 0 bridgehead atoms. The zero-order valence-corrected chi connectivity index (χ0v) is 22.3. The van der Waals surface area contributed by atoms with Crippen molar-refractivity contribution < 1.29 is 14.3 Å². The monoisotopic (exact) mass is 525 g/mol. The van der Waals surface area contributed by atoms with Crippen LogP contribution in [0.5, 0.6) is 11.5 Å². The molecule has 0 spiro atoms. The van der Waals surface area contributed by atoms with Gasteiger partial charge in [-0.15, -0.1) is 11.3 Å². The number of methoxy groups -OCH3 is 2. The molecule has 0 radical (unpaired) electrons. The first-order chi connectivity index (χ1) is 18.4. The summed E-state index contributed by atoms with van der Waals surface area (Å²) in [4.78, 5) is 26.9. The Balaban J connectivity index is 1.88. The van der Waals surface area contributed by atoms with Crippen molar-refractivity contribution in [2.45, 2.75) is 19.8 Å². The van der Waals surface area contributed by atoms with E-state index in [-0.39, 0.29) is 15.8 Å². The number of para-hydroxylation sites is 1. The van der Waals surface area contributed by atoms with Crippen molar-refractivity contribution in [3.63, 3.8) is 0 Å². The molecule has 7 nitrogen and oxygen atoms in total. The van der Waals surface area contributed by atoms with Gasteiger partial charge in [0.1, 0.15) is 10.7 Å². The molecule has 0 aliphatic carbocycles. The first-order valence-electron chi connectivity index (χ1n) is 11.9. The quantitative estimate of drug-likeness (QED) is 0.391. The van der Waals surface area contributed by atoms with Gasteiger partial charge in [0.05, 0.1) is 24.4 Å². The number of nitrogens with zero attached hydrogens (tertiary/aromatic N) is 2. The highest BCUT2D eigenvalue weighted by Gasteiger charge is 2.17. The first kappa shape index (κ1) is 26.5. The summed E-state index contributed by atoms with van der Waals surface area (Å²) in [7, 11) is 3.09. The molecule has 3 aromatic carbocycles. The number of thiazole rings is 1. The summed E-state index contributed by atoms with van der Waals surface area (Å²) in [5.74, 6) is 0.853. The van der Waals surface area contributed by atoms with Gasteiger partial charge in [-0.25, -0.2) is 0 Å². The number of ether oxygens (including phenoxy) is 2. The van der Waals surface area contributed by atoms with E-state index in [2.05, 4.69) is 19.2 Å². The number of carbonyl (C=O) groups excluding carboxylic acids is 1. The van der Waals surface area contributed by atoms with Gasteiger partial charge in [-0.1, -0.05) is 50.2 Å². The van der Waals surface area contributed by atoms with Crippen LogP contribution < -0.4 is 29.5 Å². The number of hydrogen-bond acceptors (Lipinski definition) is 6. The summed E-state index contributed by atoms with van der Waals surface area (Å²) >= 11 is 1.08. The van der Waals surface area contributed by atoms with Crippen molar-refractivity contribution in [2.75, 3.05) is 19.5 Å². The number of hydrogen-bond donors (Lipinski definition) is 1. The van der Waals surface area contributed by atoms with Gasteiger partial charge in [0, 0.05) is 5.69 Å². The Morgan fingerprint density at radius 1 is 1.00 bits per heavy atom. The summed E-state index contributed by atoms with van der Waals surface area (Å²) < 4.78 is 12.7. The molecule has 0 aliphatic heterocycles. The molecule has 4 rings (SSSR count). The van der Waals surface area contributed by atoms with E-state index in [9.17, 15) is 14.9 Å². The lowest BCUT2D eigenvalue weighted by molar-refractivity contribution is -0.111. The minimum Gasteiger partial charge on any atom is -0.493 e. The predicted octanol–water partition coefficient (Wildman–Crippen LogP) is 4.18. The third-order valence-corrected chi connectivity index (χ3v) is 7.02. The summed E-state index contributed by atoms with van der Waals surface area (Å²) in [6.45, 7) is 4.18. The molecule has 1 amide bonds. The van der Waals surface area contributed by atoms with E-state index in [1.54, 1.807) is 67.8 Å². The molecule has 0 aliphatic rings. The van der Waals surface area contributed by atoms with Crippen LogP contribution in [-0.4, -0.2) is 24.7 Å². The molecular weight excluding hydrogens is 498 g/mol. The molecule has 4 aromatic rings. The van der Waals surface area contributed by atoms with Crippen molar-refractivity contribution >= 4 is 34.6 Å². The fraction of sp³-hybridized carbons (Fsp3) is 0.167. The van der Waals surface area contributed by atoms with Gasteiger partial charge in [0.2, 0.25) is 0 Å². The molecule has 1 heterocycles. The number of amides is 1. The number of carbonyl (C=O) groups is 1. The summed E-state index contributed by atoms with van der Waals surface area (Å²) in [5, 5.41) is 12.8. The van der Waals surface area contributed by atoms with Gasteiger partial charge in [0.15, 0.2) is 17.1 Å². The van der Waals surface area contributed by atoms with Crippen molar-refractivity contribution in [1.82, 2.24) is 4.57 Å². The van der Waals surface area contributed by atoms with Crippen LogP contribution in [0.4, 0.5) is 5.69 Å². The maximum Gasteiger partial charge on any atom is 0.273 e. The van der Waals surface area contributed by atoms with Crippen LogP contribution in [0.2, 0.25) is 0 Å². The largest absolute Gasteiger partial charge is 0.493 e. The smallest absolute Gasteiger partial charge is 0.273 e. The fourth-order valence-corrected chi connectivity index (χ4v) is 5.00. The Morgan fingerprint density at radius 2 is 1.68 bits per heavy atom. The average Bonchev–Trinajstić information content (AvgIpc) is 3.24. The molecule has 38 heavy (non-hydrogen) atoms. The lowest BCUT2D eigenvalue weighted by atomic mass is 10.0. The zero-order valence-electron chi connectivity index (χ0n) is 21.5. The standard InChI is InChI=1S/C30H27N3O4S/c1-19(2)21-11-13-22(14-12-21)32-28(34)24(18-31)30-33(23-8-6-5-7-9-23)29(35)27(38-30)17-20-10-15-25(36-3)26(16-20)37-4/h5-17,19H,1-4H3,(H,32,34). The van der Waals surface area contributed by atoms with Gasteiger partial charge in [-0.2, -0.15) is 5.26 Å². The van der Waals surface area contributed by atoms with E-state index < -0.39 is 5.91 Å². The Labute approximate surface area is 224 Å². The Bertz CT molecular complexity index is 1680. The Kier molecular flexibility index (Phi) is 8.09. The van der Waals surface area contributed by atoms with Crippen molar-refractivity contribution in [1.29, 1.82) is 5.26 Å². The molecule has 0 saturated carbocycles. The summed E-state index contributed by atoms with van der Waals surface area (Å²) in [5.41, 5.74) is 2.47. The molecule has 1 N–H and O–H groups in total. The minimum atomic E-state index is -0.589. The number of anilines is 1. The molecule has 8 heteroatoms. The fourth-order valence-electron chi connectivity index (χ4n) is 3.90. The SMILES string of the molecule is COc1ccc(C=c2sc(=C(C#N)C(=O)Nc3ccc(C(C)C)cc3)n(-c3ccccc3)c2=O)cc1OC. The van der Waals surface area contributed by atoms with Crippen molar-refractivity contribution in [3.8, 4) is 23.3 Å². The van der Waals surface area contributed by atoms with Crippen molar-refractivity contribution in [2.24, 2.45) is 0 Å². The van der Waals surface area contributed by atoms with Crippen LogP contribution in [0, 0.1) is 11.3 Å². The first-order valence-corrected chi connectivity index (χ1v) is 12.7. The highest BCUT2D eigenvalue weighted by atomic mass is 32.1. The van der Waals surface area contributed by atoms with Crippen LogP contribution in [0.3, 0.4) is 0 Å². The van der Waals surface area contributed by atoms with Crippen LogP contribution in [0.15, 0.2) is 77.6 Å². The maximum atomic E-state index is 13.6. The maximum absolute atomic E-state index is 13.6. The lowest BCUT2D eigenvalue weighted by Crippen LogP contribution is -2.32. The van der Waals surface area contributed by atoms with E-state index >= 15 is 0 Å². The van der Waals surface area contributed by atoms with Crippen LogP contribution in [-0.2, 0) is 4.79 Å². The number of rotatable bonds is 7. The van der Waals surface area contributed by atoms with Gasteiger partial charge >= 0.3 is 0 Å². The average molecular weight is 526 g/mol. The van der Waals surface area contributed by atoms with E-state index in [4.69, 9.17) is 9.47 Å². The second-order valence-corrected chi connectivity index (χ2v) is 9.75. The van der Waals surface area contributed by atoms with Gasteiger partial charge in [-0.3, -0.25) is 14.2 Å². The zero-order chi connectivity index (χ0) is 27.2. The van der Waals surface area contributed by atoms with Gasteiger partial charge in [0.25, 0.3) is 11.5 Å². The minimum absolute atomic E-state index is 0.157. The molecule has 0 unspecified atom stereocenters. The Morgan fingerprint density at radius 3 is 2.29 bits per heavy atom. The molecule has 192 valence electrons. The van der Waals surface area contributed by atoms with Crippen LogP contribution >= 0.6 is 11.3 Å². The topological polar surface area (TPSA) is 93.4 Å². The normalized spacial score (nSPS) is 12.2. The second-order valence-electron chi connectivity index (χ2n) is 8.72. The van der Waals surface area contributed by atoms with Crippen molar-refractivity contribution in [3.05, 3.63) is 103 Å². The molecule has 0 atom stereocenters. The number of aromatic nitrogens is 1. The summed E-state index contributed by atoms with van der Waals surface area (Å²) in [6, 6.07) is 23.8. The van der Waals surface area contributed by atoms with Gasteiger partial charge in [-0.05, 0) is 59.5 Å². The van der Waals surface area contributed by atoms with Crippen LogP contribution in [0.25, 0.3) is 17.3 Å². The van der Waals surface area contributed by atoms with E-state index in [0.29, 0.717) is 38.9 Å². The highest BCUT2D eigenvalue weighted by Crippen LogP contribution is 2.27. The lowest BCUT2D eigenvalue weighted by Gasteiger charge is -2.08. The third-order valence-electron chi connectivity index (χ3n) is 5.93. The molecular formula is C30H27N3O4S. The van der Waals surface area contributed by atoms with Gasteiger partial charge < -0.3 is 14.8 Å². The predicted molar refractivity (Wildman–Crippen MR) is 150 cm³/mol. The summed E-state index contributed by atoms with van der Waals surface area (Å²) in [6.07, 6.45) is 1.70. The van der Waals surface area contributed by atoms with E-state index in [1.807, 2.05) is 24.3 Å². The molecule has 1 aromatic heterocycles. The molecule has 0 saturated heterocycles. The third kappa shape index (κ3) is 5.53. The van der Waals surface area contributed by atoms with Crippen LogP contribution in [0.1, 0.15) is 30.9 Å². The number of nitriles is 1. The highest BCUT2D eigenvalue weighted by molar-refractivity contribution is 7.07. The van der Waals surface area contributed by atoms with E-state index in [0.717, 1.165) is 16.9 Å². The Hall–Kier alpha value is -4.61. The molecule has 0 fully saturated rings. The number of nitrogens with one attached hydrogen (secondary N) is 1. The number of benzene rings is 3. The second kappa shape index (κ2) is 11.6. The van der Waals surface area contributed by atoms with E-state index in [1.165, 1.54) is 11.7 Å².